The summed E-state index contributed by atoms with van der Waals surface area (Å²) in [4.78, 5) is 12.2. The quantitative estimate of drug-likeness (QED) is 0.770. The van der Waals surface area contributed by atoms with E-state index in [1.54, 1.807) is 0 Å². The molecule has 0 unspecified atom stereocenters. The minimum Gasteiger partial charge on any atom is -0.384 e. The predicted octanol–water partition coefficient (Wildman–Crippen LogP) is 4.81. The van der Waals surface area contributed by atoms with Crippen LogP contribution in [0, 0.1) is 0 Å². The fourth-order valence-corrected chi connectivity index (χ4v) is 2.64. The summed E-state index contributed by atoms with van der Waals surface area (Å²) in [7, 11) is 0. The van der Waals surface area contributed by atoms with Gasteiger partial charge in [-0.25, -0.2) is 0 Å². The Bertz CT molecular complexity index is 650. The maximum absolute atomic E-state index is 12.2. The molecular formula is C20H26N2O. The molecule has 0 fully saturated rings. The molecule has 0 aliphatic carbocycles. The van der Waals surface area contributed by atoms with Gasteiger partial charge in [0, 0.05) is 24.3 Å². The van der Waals surface area contributed by atoms with Crippen molar-refractivity contribution in [3.05, 3.63) is 59.7 Å². The predicted molar refractivity (Wildman–Crippen MR) is 98.1 cm³/mol. The molecule has 23 heavy (non-hydrogen) atoms. The van der Waals surface area contributed by atoms with Crippen molar-refractivity contribution in [3.8, 4) is 0 Å². The summed E-state index contributed by atoms with van der Waals surface area (Å²) in [6.45, 7) is 7.03. The number of nitrogens with one attached hydrogen (secondary N) is 2. The van der Waals surface area contributed by atoms with E-state index < -0.39 is 0 Å². The number of carbonyl (C=O) groups is 1. The zero-order valence-electron chi connectivity index (χ0n) is 14.2. The molecule has 3 heteroatoms. The van der Waals surface area contributed by atoms with E-state index in [1.807, 2.05) is 30.3 Å². The van der Waals surface area contributed by atoms with E-state index >= 15 is 0 Å². The smallest absolute Gasteiger partial charge is 0.226 e. The average molecular weight is 310 g/mol. The van der Waals surface area contributed by atoms with Crippen LogP contribution in [0.3, 0.4) is 0 Å². The van der Waals surface area contributed by atoms with Crippen molar-refractivity contribution in [1.29, 1.82) is 0 Å². The van der Waals surface area contributed by atoms with Crippen LogP contribution in [0.15, 0.2) is 48.5 Å². The van der Waals surface area contributed by atoms with Crippen LogP contribution in [0.1, 0.15) is 44.2 Å². The van der Waals surface area contributed by atoms with Gasteiger partial charge in [-0.05, 0) is 35.6 Å². The molecule has 2 aromatic carbocycles. The van der Waals surface area contributed by atoms with Crippen molar-refractivity contribution in [2.45, 2.75) is 39.5 Å². The Hall–Kier alpha value is -2.29. The fraction of sp³-hybridized carbons (Fsp3) is 0.350. The number of amides is 1. The topological polar surface area (TPSA) is 41.1 Å². The Morgan fingerprint density at radius 1 is 1.00 bits per heavy atom. The Kier molecular flexibility index (Phi) is 6.21. The third-order valence-corrected chi connectivity index (χ3v) is 3.92. The van der Waals surface area contributed by atoms with Crippen LogP contribution in [-0.4, -0.2) is 12.5 Å². The van der Waals surface area contributed by atoms with Gasteiger partial charge >= 0.3 is 0 Å². The van der Waals surface area contributed by atoms with E-state index in [0.29, 0.717) is 18.9 Å². The lowest BCUT2D eigenvalue weighted by Gasteiger charge is -2.14. The highest BCUT2D eigenvalue weighted by Crippen LogP contribution is 2.23. The molecule has 0 aromatic heterocycles. The molecule has 0 spiro atoms. The van der Waals surface area contributed by atoms with E-state index in [0.717, 1.165) is 17.8 Å². The number of benzene rings is 2. The largest absolute Gasteiger partial charge is 0.384 e. The standard InChI is InChI=1S/C20H26N2O/c1-4-16-9-5-7-11-18(16)21-14-13-20(23)22-19-12-8-6-10-17(19)15(2)3/h5-12,15,21H,4,13-14H2,1-3H3,(H,22,23). The Morgan fingerprint density at radius 2 is 1.65 bits per heavy atom. The van der Waals surface area contributed by atoms with E-state index in [-0.39, 0.29) is 5.91 Å². The van der Waals surface area contributed by atoms with Gasteiger partial charge in [-0.3, -0.25) is 4.79 Å². The molecule has 0 saturated carbocycles. The normalized spacial score (nSPS) is 10.6. The number of anilines is 2. The van der Waals surface area contributed by atoms with Gasteiger partial charge in [-0.15, -0.1) is 0 Å². The molecule has 0 radical (unpaired) electrons. The minimum atomic E-state index is 0.0413. The van der Waals surface area contributed by atoms with Crippen molar-refractivity contribution in [1.82, 2.24) is 0 Å². The average Bonchev–Trinajstić information content (AvgIpc) is 2.55. The molecule has 0 atom stereocenters. The highest BCUT2D eigenvalue weighted by molar-refractivity contribution is 5.91. The second-order valence-corrected chi connectivity index (χ2v) is 5.98. The number of aryl methyl sites for hydroxylation is 1. The first-order chi connectivity index (χ1) is 11.1. The number of carbonyl (C=O) groups excluding carboxylic acids is 1. The Morgan fingerprint density at radius 3 is 2.35 bits per heavy atom. The molecule has 0 aliphatic heterocycles. The maximum atomic E-state index is 12.2. The monoisotopic (exact) mass is 310 g/mol. The van der Waals surface area contributed by atoms with Crippen molar-refractivity contribution < 1.29 is 4.79 Å². The van der Waals surface area contributed by atoms with Crippen molar-refractivity contribution in [2.24, 2.45) is 0 Å². The van der Waals surface area contributed by atoms with Gasteiger partial charge in [0.25, 0.3) is 0 Å². The van der Waals surface area contributed by atoms with Crippen LogP contribution in [0.25, 0.3) is 0 Å². The van der Waals surface area contributed by atoms with Gasteiger partial charge in [0.15, 0.2) is 0 Å². The molecule has 2 rings (SSSR count). The lowest BCUT2D eigenvalue weighted by molar-refractivity contribution is -0.115. The molecule has 0 saturated heterocycles. The van der Waals surface area contributed by atoms with Crippen molar-refractivity contribution in [3.63, 3.8) is 0 Å². The van der Waals surface area contributed by atoms with Gasteiger partial charge < -0.3 is 10.6 Å². The van der Waals surface area contributed by atoms with Crippen molar-refractivity contribution >= 4 is 17.3 Å². The first kappa shape index (κ1) is 17.1. The van der Waals surface area contributed by atoms with E-state index in [4.69, 9.17) is 0 Å². The molecule has 3 nitrogen and oxygen atoms in total. The first-order valence-corrected chi connectivity index (χ1v) is 8.32. The first-order valence-electron chi connectivity index (χ1n) is 8.32. The van der Waals surface area contributed by atoms with E-state index in [9.17, 15) is 4.79 Å². The van der Waals surface area contributed by atoms with Gasteiger partial charge in [0.2, 0.25) is 5.91 Å². The molecule has 1 amide bonds. The highest BCUT2D eigenvalue weighted by atomic mass is 16.1. The zero-order chi connectivity index (χ0) is 16.7. The van der Waals surface area contributed by atoms with E-state index in [1.165, 1.54) is 11.1 Å². The molecule has 0 aliphatic rings. The van der Waals surface area contributed by atoms with Gasteiger partial charge in [0.05, 0.1) is 0 Å². The van der Waals surface area contributed by atoms with Crippen LogP contribution in [0.2, 0.25) is 0 Å². The number of hydrogen-bond acceptors (Lipinski definition) is 2. The number of para-hydroxylation sites is 2. The minimum absolute atomic E-state index is 0.0413. The Balaban J connectivity index is 1.89. The van der Waals surface area contributed by atoms with Gasteiger partial charge in [0.1, 0.15) is 0 Å². The summed E-state index contributed by atoms with van der Waals surface area (Å²) >= 11 is 0. The van der Waals surface area contributed by atoms with Crippen LogP contribution >= 0.6 is 0 Å². The van der Waals surface area contributed by atoms with Gasteiger partial charge in [-0.1, -0.05) is 57.2 Å². The summed E-state index contributed by atoms with van der Waals surface area (Å²) in [5.74, 6) is 0.431. The molecule has 122 valence electrons. The van der Waals surface area contributed by atoms with Crippen LogP contribution in [-0.2, 0) is 11.2 Å². The second-order valence-electron chi connectivity index (χ2n) is 5.98. The lowest BCUT2D eigenvalue weighted by atomic mass is 10.0. The number of hydrogen-bond donors (Lipinski definition) is 2. The molecule has 2 aromatic rings. The summed E-state index contributed by atoms with van der Waals surface area (Å²) in [5.41, 5.74) is 4.48. The third kappa shape index (κ3) is 4.85. The van der Waals surface area contributed by atoms with Crippen molar-refractivity contribution in [2.75, 3.05) is 17.2 Å². The summed E-state index contributed by atoms with van der Waals surface area (Å²) in [6.07, 6.45) is 1.43. The fourth-order valence-electron chi connectivity index (χ4n) is 2.64. The second kappa shape index (κ2) is 8.37. The molecule has 2 N–H and O–H groups in total. The third-order valence-electron chi connectivity index (χ3n) is 3.92. The summed E-state index contributed by atoms with van der Waals surface area (Å²) in [6, 6.07) is 16.2. The Labute approximate surface area is 139 Å². The summed E-state index contributed by atoms with van der Waals surface area (Å²) in [5, 5.41) is 6.39. The highest BCUT2D eigenvalue weighted by Gasteiger charge is 2.09. The van der Waals surface area contributed by atoms with Crippen LogP contribution in [0.5, 0.6) is 0 Å². The van der Waals surface area contributed by atoms with Gasteiger partial charge in [-0.2, -0.15) is 0 Å². The number of rotatable bonds is 7. The molecular weight excluding hydrogens is 284 g/mol. The maximum Gasteiger partial charge on any atom is 0.226 e. The lowest BCUT2D eigenvalue weighted by Crippen LogP contribution is -2.17. The van der Waals surface area contributed by atoms with E-state index in [2.05, 4.69) is 49.6 Å². The SMILES string of the molecule is CCc1ccccc1NCCC(=O)Nc1ccccc1C(C)C. The van der Waals surface area contributed by atoms with Crippen LogP contribution < -0.4 is 10.6 Å². The molecule has 0 bridgehead atoms. The van der Waals surface area contributed by atoms with Crippen LogP contribution in [0.4, 0.5) is 11.4 Å². The summed E-state index contributed by atoms with van der Waals surface area (Å²) < 4.78 is 0. The molecule has 0 heterocycles. The zero-order valence-corrected chi connectivity index (χ0v) is 14.2.